The van der Waals surface area contributed by atoms with Crippen LogP contribution in [-0.4, -0.2) is 47.9 Å². The third-order valence-electron chi connectivity index (χ3n) is 4.45. The van der Waals surface area contributed by atoms with E-state index in [1.807, 2.05) is 13.8 Å². The summed E-state index contributed by atoms with van der Waals surface area (Å²) in [5.74, 6) is 1.03. The largest absolute Gasteiger partial charge is 0.492 e. The first-order valence-corrected chi connectivity index (χ1v) is 12.0. The number of ether oxygens (including phenoxy) is 2. The van der Waals surface area contributed by atoms with Crippen LogP contribution in [0, 0.1) is 0 Å². The highest BCUT2D eigenvalue weighted by atomic mass is 32.2. The van der Waals surface area contributed by atoms with E-state index in [2.05, 4.69) is 4.72 Å². The number of nitrogens with one attached hydrogen (secondary N) is 1. The van der Waals surface area contributed by atoms with E-state index < -0.39 is 20.0 Å². The lowest BCUT2D eigenvalue weighted by Crippen LogP contribution is -2.22. The monoisotopic (exact) mass is 440 g/mol. The molecule has 0 saturated carbocycles. The van der Waals surface area contributed by atoms with E-state index in [0.29, 0.717) is 18.1 Å². The molecule has 3 rings (SSSR count). The Balaban J connectivity index is 1.93. The van der Waals surface area contributed by atoms with Crippen LogP contribution in [0.3, 0.4) is 0 Å². The molecular formula is C19H24N2O6S2. The van der Waals surface area contributed by atoms with Crippen LogP contribution in [-0.2, 0) is 26.5 Å². The highest BCUT2D eigenvalue weighted by molar-refractivity contribution is 7.92. The Hall–Kier alpha value is -2.30. The summed E-state index contributed by atoms with van der Waals surface area (Å²) in [6, 6.07) is 8.44. The first-order valence-electron chi connectivity index (χ1n) is 9.06. The zero-order valence-electron chi connectivity index (χ0n) is 16.7. The molecule has 0 fully saturated rings. The summed E-state index contributed by atoms with van der Waals surface area (Å²) < 4.78 is 64.9. The number of nitrogens with zero attached hydrogens (tertiary/aromatic N) is 1. The Kier molecular flexibility index (Phi) is 5.79. The van der Waals surface area contributed by atoms with Crippen molar-refractivity contribution in [3.05, 3.63) is 42.0 Å². The Morgan fingerprint density at radius 3 is 2.31 bits per heavy atom. The van der Waals surface area contributed by atoms with E-state index in [0.717, 1.165) is 16.3 Å². The quantitative estimate of drug-likeness (QED) is 0.710. The van der Waals surface area contributed by atoms with Crippen LogP contribution >= 0.6 is 0 Å². The van der Waals surface area contributed by atoms with Crippen molar-refractivity contribution in [2.75, 3.05) is 25.4 Å². The molecule has 1 unspecified atom stereocenters. The van der Waals surface area contributed by atoms with Crippen molar-refractivity contribution >= 4 is 25.7 Å². The lowest BCUT2D eigenvalue weighted by Gasteiger charge is -2.15. The highest BCUT2D eigenvalue weighted by Gasteiger charge is 2.25. The minimum atomic E-state index is -3.96. The number of hydrogen-bond donors (Lipinski definition) is 1. The Morgan fingerprint density at radius 2 is 1.72 bits per heavy atom. The number of rotatable bonds is 7. The van der Waals surface area contributed by atoms with Gasteiger partial charge < -0.3 is 9.47 Å². The molecule has 2 aromatic carbocycles. The molecule has 10 heteroatoms. The molecular weight excluding hydrogens is 416 g/mol. The van der Waals surface area contributed by atoms with Crippen LogP contribution in [0.1, 0.15) is 19.4 Å². The Labute approximate surface area is 171 Å². The van der Waals surface area contributed by atoms with Crippen molar-refractivity contribution in [2.24, 2.45) is 0 Å². The lowest BCUT2D eigenvalue weighted by molar-refractivity contribution is 0.254. The van der Waals surface area contributed by atoms with E-state index in [1.165, 1.54) is 38.4 Å². The fraction of sp³-hybridized carbons (Fsp3) is 0.368. The van der Waals surface area contributed by atoms with Crippen LogP contribution in [0.15, 0.2) is 46.2 Å². The van der Waals surface area contributed by atoms with Gasteiger partial charge in [0.25, 0.3) is 10.0 Å². The van der Waals surface area contributed by atoms with Crippen molar-refractivity contribution in [1.82, 2.24) is 4.31 Å². The average Bonchev–Trinajstić information content (AvgIpc) is 3.00. The van der Waals surface area contributed by atoms with E-state index >= 15 is 0 Å². The zero-order chi connectivity index (χ0) is 21.4. The van der Waals surface area contributed by atoms with Gasteiger partial charge in [0, 0.05) is 32.1 Å². The summed E-state index contributed by atoms with van der Waals surface area (Å²) in [4.78, 5) is -0.0520. The van der Waals surface area contributed by atoms with Gasteiger partial charge in [-0.25, -0.2) is 21.1 Å². The summed E-state index contributed by atoms with van der Waals surface area (Å²) in [6.07, 6.45) is 0.738. The molecule has 0 spiro atoms. The number of sulfonamides is 2. The van der Waals surface area contributed by atoms with Crippen LogP contribution in [0.5, 0.6) is 11.5 Å². The fourth-order valence-corrected chi connectivity index (χ4v) is 4.96. The topological polar surface area (TPSA) is 102 Å². The molecule has 0 saturated heterocycles. The standard InChI is InChI=1S/C19H24N2O6S2/c1-5-26-19-11-14-10-13(2)27-18(14)12-17(19)20-28(22,23)15-6-8-16(9-7-15)29(24,25)21(3)4/h6-9,11-13,20H,5,10H2,1-4H3. The molecule has 0 aromatic heterocycles. The molecule has 1 aliphatic rings. The van der Waals surface area contributed by atoms with Crippen LogP contribution in [0.25, 0.3) is 0 Å². The van der Waals surface area contributed by atoms with Crippen molar-refractivity contribution in [3.8, 4) is 11.5 Å². The number of hydrogen-bond acceptors (Lipinski definition) is 6. The van der Waals surface area contributed by atoms with Gasteiger partial charge in [-0.3, -0.25) is 4.72 Å². The van der Waals surface area contributed by atoms with Gasteiger partial charge in [0.2, 0.25) is 10.0 Å². The number of fused-ring (bicyclic) bond motifs is 1. The SMILES string of the molecule is CCOc1cc2c(cc1NS(=O)(=O)c1ccc(S(=O)(=O)N(C)C)cc1)OC(C)C2. The molecule has 1 atom stereocenters. The molecule has 0 aliphatic carbocycles. The van der Waals surface area contributed by atoms with E-state index in [1.54, 1.807) is 12.1 Å². The van der Waals surface area contributed by atoms with Crippen molar-refractivity contribution in [2.45, 2.75) is 36.2 Å². The van der Waals surface area contributed by atoms with E-state index in [4.69, 9.17) is 9.47 Å². The van der Waals surface area contributed by atoms with Gasteiger partial charge in [0.15, 0.2) is 0 Å². The molecule has 1 N–H and O–H groups in total. The Morgan fingerprint density at radius 1 is 1.10 bits per heavy atom. The maximum Gasteiger partial charge on any atom is 0.262 e. The van der Waals surface area contributed by atoms with Crippen molar-refractivity contribution in [1.29, 1.82) is 0 Å². The second-order valence-electron chi connectivity index (χ2n) is 6.89. The smallest absolute Gasteiger partial charge is 0.262 e. The summed E-state index contributed by atoms with van der Waals surface area (Å²) >= 11 is 0. The third-order valence-corrected chi connectivity index (χ3v) is 7.67. The van der Waals surface area contributed by atoms with Gasteiger partial charge in [0.1, 0.15) is 17.6 Å². The van der Waals surface area contributed by atoms with Gasteiger partial charge >= 0.3 is 0 Å². The molecule has 0 bridgehead atoms. The molecule has 1 aliphatic heterocycles. The molecule has 8 nitrogen and oxygen atoms in total. The Bertz CT molecular complexity index is 1110. The second-order valence-corrected chi connectivity index (χ2v) is 10.7. The lowest BCUT2D eigenvalue weighted by atomic mass is 10.1. The van der Waals surface area contributed by atoms with Crippen LogP contribution in [0.4, 0.5) is 5.69 Å². The first-order chi connectivity index (χ1) is 13.5. The normalized spacial score (nSPS) is 16.4. The minimum absolute atomic E-state index is 0.0105. The summed E-state index contributed by atoms with van der Waals surface area (Å²) in [5, 5.41) is 0. The summed E-state index contributed by atoms with van der Waals surface area (Å²) in [6.45, 7) is 4.13. The molecule has 29 heavy (non-hydrogen) atoms. The molecule has 0 radical (unpaired) electrons. The number of benzene rings is 2. The van der Waals surface area contributed by atoms with Gasteiger partial charge in [-0.2, -0.15) is 0 Å². The van der Waals surface area contributed by atoms with E-state index in [-0.39, 0.29) is 21.6 Å². The van der Waals surface area contributed by atoms with Gasteiger partial charge in [-0.05, 0) is 44.2 Å². The molecule has 158 valence electrons. The average molecular weight is 441 g/mol. The second kappa shape index (κ2) is 7.85. The van der Waals surface area contributed by atoms with Gasteiger partial charge in [-0.1, -0.05) is 0 Å². The minimum Gasteiger partial charge on any atom is -0.492 e. The predicted octanol–water partition coefficient (Wildman–Crippen LogP) is 2.46. The van der Waals surface area contributed by atoms with Crippen LogP contribution in [0.2, 0.25) is 0 Å². The molecule has 0 amide bonds. The van der Waals surface area contributed by atoms with Gasteiger partial charge in [-0.15, -0.1) is 0 Å². The molecule has 2 aromatic rings. The van der Waals surface area contributed by atoms with Crippen molar-refractivity contribution < 1.29 is 26.3 Å². The van der Waals surface area contributed by atoms with Gasteiger partial charge in [0.05, 0.1) is 22.1 Å². The maximum absolute atomic E-state index is 12.9. The summed E-state index contributed by atoms with van der Waals surface area (Å²) in [5.41, 5.74) is 1.23. The molecule has 1 heterocycles. The number of anilines is 1. The predicted molar refractivity (Wildman–Crippen MR) is 110 cm³/mol. The third kappa shape index (κ3) is 4.34. The zero-order valence-corrected chi connectivity index (χ0v) is 18.3. The maximum atomic E-state index is 12.9. The summed E-state index contributed by atoms with van der Waals surface area (Å²) in [7, 11) is -4.78. The fourth-order valence-electron chi connectivity index (χ4n) is 3.00. The van der Waals surface area contributed by atoms with Crippen molar-refractivity contribution in [3.63, 3.8) is 0 Å². The van der Waals surface area contributed by atoms with E-state index in [9.17, 15) is 16.8 Å². The highest BCUT2D eigenvalue weighted by Crippen LogP contribution is 2.39. The first kappa shape index (κ1) is 21.4. The van der Waals surface area contributed by atoms with Crippen LogP contribution < -0.4 is 14.2 Å².